The van der Waals surface area contributed by atoms with Crippen molar-refractivity contribution in [3.63, 3.8) is 0 Å². The molecule has 0 unspecified atom stereocenters. The topological polar surface area (TPSA) is 59.0 Å². The number of benzene rings is 3. The predicted octanol–water partition coefficient (Wildman–Crippen LogP) is 7.84. The van der Waals surface area contributed by atoms with E-state index in [4.69, 9.17) is 9.47 Å². The molecule has 0 spiro atoms. The molecule has 4 rings (SSSR count). The van der Waals surface area contributed by atoms with Crippen molar-refractivity contribution in [2.45, 2.75) is 57.0 Å². The summed E-state index contributed by atoms with van der Waals surface area (Å²) in [5.41, 5.74) is 4.35. The van der Waals surface area contributed by atoms with Crippen molar-refractivity contribution in [2.75, 3.05) is 31.6 Å². The van der Waals surface area contributed by atoms with E-state index in [-0.39, 0.29) is 5.41 Å². The molecule has 1 amide bonds. The Labute approximate surface area is 241 Å². The summed E-state index contributed by atoms with van der Waals surface area (Å²) in [5, 5.41) is 10.7. The molecule has 1 aliphatic rings. The summed E-state index contributed by atoms with van der Waals surface area (Å²) in [4.78, 5) is 13.3. The van der Waals surface area contributed by atoms with Gasteiger partial charge in [-0.2, -0.15) is 0 Å². The van der Waals surface area contributed by atoms with Gasteiger partial charge in [-0.15, -0.1) is 0 Å². The second-order valence-corrected chi connectivity index (χ2v) is 11.1. The molecule has 3 aromatic rings. The van der Waals surface area contributed by atoms with Crippen LogP contribution in [0, 0.1) is 0 Å². The van der Waals surface area contributed by atoms with Gasteiger partial charge >= 0.3 is 6.09 Å². The Morgan fingerprint density at radius 3 is 2.23 bits per heavy atom. The number of rotatable bonds is 14. The van der Waals surface area contributed by atoms with E-state index in [0.717, 1.165) is 41.7 Å². The van der Waals surface area contributed by atoms with E-state index >= 15 is 0 Å². The summed E-state index contributed by atoms with van der Waals surface area (Å²) < 4.78 is 12.5. The Balaban J connectivity index is 1.57. The number of nitrogens with zero attached hydrogens (tertiary/aromatic N) is 1. The lowest BCUT2D eigenvalue weighted by atomic mass is 9.67. The molecule has 39 heavy (non-hydrogen) atoms. The Bertz CT molecular complexity index is 1150. The third-order valence-electron chi connectivity index (χ3n) is 7.72. The molecule has 1 saturated heterocycles. The van der Waals surface area contributed by atoms with Crippen molar-refractivity contribution >= 4 is 22.0 Å². The molecule has 0 aromatic heterocycles. The Hall–Kier alpha value is -2.83. The molecule has 3 aromatic carbocycles. The first-order valence-electron chi connectivity index (χ1n) is 14.1. The number of alkyl halides is 1. The number of piperidine rings is 1. The van der Waals surface area contributed by atoms with Crippen LogP contribution in [0.3, 0.4) is 0 Å². The van der Waals surface area contributed by atoms with E-state index in [1.165, 1.54) is 35.3 Å². The van der Waals surface area contributed by atoms with Crippen LogP contribution in [-0.2, 0) is 23.2 Å². The number of hydrogen-bond acceptors (Lipinski definition) is 3. The van der Waals surface area contributed by atoms with Crippen molar-refractivity contribution in [3.05, 3.63) is 101 Å². The Morgan fingerprint density at radius 2 is 1.54 bits per heavy atom. The summed E-state index contributed by atoms with van der Waals surface area (Å²) in [6.45, 7) is 2.95. The molecule has 1 aliphatic heterocycles. The van der Waals surface area contributed by atoms with Crippen LogP contribution < -0.4 is 4.74 Å². The number of halogens is 1. The molecule has 0 aliphatic carbocycles. The number of hydrogen-bond donors (Lipinski definition) is 1. The fraction of sp³-hybridized carbons (Fsp3) is 0.424. The number of amides is 1. The maximum atomic E-state index is 11.7. The van der Waals surface area contributed by atoms with Crippen LogP contribution in [-0.4, -0.2) is 47.7 Å². The molecule has 0 radical (unpaired) electrons. The Kier molecular flexibility index (Phi) is 11.3. The lowest BCUT2D eigenvalue weighted by Crippen LogP contribution is -2.45. The van der Waals surface area contributed by atoms with Crippen molar-refractivity contribution in [1.82, 2.24) is 4.90 Å². The summed E-state index contributed by atoms with van der Waals surface area (Å²) >= 11 is 3.49. The fourth-order valence-electron chi connectivity index (χ4n) is 5.46. The average molecular weight is 595 g/mol. The third-order valence-corrected chi connectivity index (χ3v) is 8.28. The first kappa shape index (κ1) is 29.2. The van der Waals surface area contributed by atoms with Gasteiger partial charge in [0.25, 0.3) is 0 Å². The van der Waals surface area contributed by atoms with Gasteiger partial charge in [0.05, 0.1) is 6.61 Å². The lowest BCUT2D eigenvalue weighted by Gasteiger charge is -2.42. The van der Waals surface area contributed by atoms with Crippen LogP contribution >= 0.6 is 15.9 Å². The van der Waals surface area contributed by atoms with E-state index in [9.17, 15) is 9.90 Å². The maximum absolute atomic E-state index is 11.7. The highest BCUT2D eigenvalue weighted by atomic mass is 79.9. The molecule has 0 saturated carbocycles. The molecular weight excluding hydrogens is 554 g/mol. The molecule has 208 valence electrons. The second-order valence-electron chi connectivity index (χ2n) is 10.3. The Morgan fingerprint density at radius 1 is 0.846 bits per heavy atom. The molecule has 1 heterocycles. The van der Waals surface area contributed by atoms with E-state index in [2.05, 4.69) is 70.5 Å². The smallest absolute Gasteiger partial charge is 0.407 e. The van der Waals surface area contributed by atoms with Gasteiger partial charge in [-0.1, -0.05) is 102 Å². The zero-order chi connectivity index (χ0) is 27.3. The van der Waals surface area contributed by atoms with Gasteiger partial charge in [0.1, 0.15) is 12.4 Å². The summed E-state index contributed by atoms with van der Waals surface area (Å²) in [6, 6.07) is 27.2. The SMILES string of the molecule is O=C(O)N1CCC(c2ccccc2)(c2cc(CCOCCCCCCBr)ccc2OCc2ccccc2)CC1. The monoisotopic (exact) mass is 593 g/mol. The molecule has 6 heteroatoms. The minimum absolute atomic E-state index is 0.328. The quantitative estimate of drug-likeness (QED) is 0.153. The standard InChI is InChI=1S/C33H40BrNO4/c34-20-9-1-2-10-23-38-24-17-27-15-16-31(39-26-28-11-5-3-6-12-28)30(25-27)33(29-13-7-4-8-14-29)18-21-35(22-19-33)32(36)37/h3-8,11-16,25H,1-2,9-10,17-24,26H2,(H,36,37). The molecule has 5 nitrogen and oxygen atoms in total. The molecule has 1 fully saturated rings. The highest BCUT2D eigenvalue weighted by molar-refractivity contribution is 9.09. The van der Waals surface area contributed by atoms with Crippen molar-refractivity contribution in [1.29, 1.82) is 0 Å². The largest absolute Gasteiger partial charge is 0.489 e. The van der Waals surface area contributed by atoms with Crippen molar-refractivity contribution < 1.29 is 19.4 Å². The number of unbranched alkanes of at least 4 members (excludes halogenated alkanes) is 3. The van der Waals surface area contributed by atoms with Crippen molar-refractivity contribution in [2.24, 2.45) is 0 Å². The van der Waals surface area contributed by atoms with Crippen LogP contribution in [0.15, 0.2) is 78.9 Å². The molecule has 1 N–H and O–H groups in total. The van der Waals surface area contributed by atoms with Gasteiger partial charge < -0.3 is 19.5 Å². The minimum atomic E-state index is -0.852. The number of carboxylic acid groups (broad SMARTS) is 1. The number of likely N-dealkylation sites (tertiary alicyclic amines) is 1. The average Bonchev–Trinajstić information content (AvgIpc) is 2.98. The zero-order valence-electron chi connectivity index (χ0n) is 22.7. The van der Waals surface area contributed by atoms with E-state index in [1.54, 1.807) is 0 Å². The number of ether oxygens (including phenoxy) is 2. The van der Waals surface area contributed by atoms with Crippen LogP contribution in [0.2, 0.25) is 0 Å². The summed E-state index contributed by atoms with van der Waals surface area (Å²) in [5.74, 6) is 0.864. The molecular formula is C33H40BrNO4. The van der Waals surface area contributed by atoms with Gasteiger partial charge in [-0.05, 0) is 54.9 Å². The predicted molar refractivity (Wildman–Crippen MR) is 160 cm³/mol. The highest BCUT2D eigenvalue weighted by Crippen LogP contribution is 2.46. The zero-order valence-corrected chi connectivity index (χ0v) is 24.3. The van der Waals surface area contributed by atoms with Gasteiger partial charge in [-0.3, -0.25) is 0 Å². The van der Waals surface area contributed by atoms with Gasteiger partial charge in [0, 0.05) is 36.0 Å². The normalized spacial score (nSPS) is 14.7. The van der Waals surface area contributed by atoms with Crippen LogP contribution in [0.4, 0.5) is 4.79 Å². The third kappa shape index (κ3) is 8.09. The van der Waals surface area contributed by atoms with Crippen LogP contribution in [0.1, 0.15) is 60.8 Å². The van der Waals surface area contributed by atoms with E-state index < -0.39 is 6.09 Å². The first-order valence-corrected chi connectivity index (χ1v) is 15.2. The molecule has 0 bridgehead atoms. The summed E-state index contributed by atoms with van der Waals surface area (Å²) in [7, 11) is 0. The van der Waals surface area contributed by atoms with E-state index in [0.29, 0.717) is 39.1 Å². The van der Waals surface area contributed by atoms with Crippen LogP contribution in [0.25, 0.3) is 0 Å². The number of carbonyl (C=O) groups is 1. The fourth-order valence-corrected chi connectivity index (χ4v) is 5.86. The minimum Gasteiger partial charge on any atom is -0.489 e. The summed E-state index contributed by atoms with van der Waals surface area (Å²) in [6.07, 6.45) is 6.16. The van der Waals surface area contributed by atoms with E-state index in [1.807, 2.05) is 24.3 Å². The van der Waals surface area contributed by atoms with Gasteiger partial charge in [0.15, 0.2) is 0 Å². The molecule has 0 atom stereocenters. The van der Waals surface area contributed by atoms with Crippen LogP contribution in [0.5, 0.6) is 5.75 Å². The van der Waals surface area contributed by atoms with Gasteiger partial charge in [-0.25, -0.2) is 4.79 Å². The first-order chi connectivity index (χ1) is 19.1. The van der Waals surface area contributed by atoms with Gasteiger partial charge in [0.2, 0.25) is 0 Å². The highest BCUT2D eigenvalue weighted by Gasteiger charge is 2.41. The maximum Gasteiger partial charge on any atom is 0.407 e. The lowest BCUT2D eigenvalue weighted by molar-refractivity contribution is 0.122. The van der Waals surface area contributed by atoms with Crippen molar-refractivity contribution in [3.8, 4) is 5.75 Å². The second kappa shape index (κ2) is 15.1.